The molecule has 0 bridgehead atoms. The van der Waals surface area contributed by atoms with Crippen LogP contribution >= 0.6 is 0 Å². The van der Waals surface area contributed by atoms with Crippen LogP contribution in [-0.4, -0.2) is 4.98 Å². The fourth-order valence-electron chi connectivity index (χ4n) is 0.708. The summed E-state index contributed by atoms with van der Waals surface area (Å²) in [5.74, 6) is 0.563. The van der Waals surface area contributed by atoms with E-state index in [9.17, 15) is 0 Å². The van der Waals surface area contributed by atoms with Gasteiger partial charge in [-0.3, -0.25) is 0 Å². The predicted octanol–water partition coefficient (Wildman–Crippen LogP) is 1.70. The summed E-state index contributed by atoms with van der Waals surface area (Å²) in [7, 11) is 0. The van der Waals surface area contributed by atoms with Gasteiger partial charge in [0, 0.05) is 6.20 Å². The first-order valence-corrected chi connectivity index (χ1v) is 3.17. The van der Waals surface area contributed by atoms with Crippen molar-refractivity contribution in [1.82, 2.24) is 4.98 Å². The van der Waals surface area contributed by atoms with Gasteiger partial charge in [-0.15, -0.1) is 0 Å². The standard InChI is InChI=1S/C8H10N2/c1-2-3-7-4-5-8(9)10-6-7/h2-6H,1H3,(H2,9,10)/b3-2+. The molecule has 10 heavy (non-hydrogen) atoms. The quantitative estimate of drug-likeness (QED) is 0.634. The molecule has 0 atom stereocenters. The average Bonchev–Trinajstić information content (AvgIpc) is 1.95. The fraction of sp³-hybridized carbons (Fsp3) is 0.125. The molecule has 0 spiro atoms. The third-order valence-electron chi connectivity index (χ3n) is 1.17. The molecule has 0 amide bonds. The Bertz CT molecular complexity index is 224. The number of allylic oxidation sites excluding steroid dienone is 1. The van der Waals surface area contributed by atoms with Crippen LogP contribution in [0.5, 0.6) is 0 Å². The molecule has 0 aliphatic heterocycles. The number of hydrogen-bond acceptors (Lipinski definition) is 2. The second-order valence-corrected chi connectivity index (χ2v) is 2.02. The number of aromatic nitrogens is 1. The minimum Gasteiger partial charge on any atom is -0.384 e. The first kappa shape index (κ1) is 6.81. The highest BCUT2D eigenvalue weighted by Gasteiger charge is 1.85. The summed E-state index contributed by atoms with van der Waals surface area (Å²) in [6.07, 6.45) is 5.69. The Morgan fingerprint density at radius 1 is 1.50 bits per heavy atom. The van der Waals surface area contributed by atoms with Gasteiger partial charge in [-0.25, -0.2) is 4.98 Å². The molecular weight excluding hydrogens is 124 g/mol. The summed E-state index contributed by atoms with van der Waals surface area (Å²) in [4.78, 5) is 3.92. The molecule has 0 saturated carbocycles. The topological polar surface area (TPSA) is 38.9 Å². The van der Waals surface area contributed by atoms with Gasteiger partial charge >= 0.3 is 0 Å². The van der Waals surface area contributed by atoms with Crippen LogP contribution in [0.2, 0.25) is 0 Å². The number of hydrogen-bond donors (Lipinski definition) is 1. The molecule has 0 aliphatic rings. The lowest BCUT2D eigenvalue weighted by Crippen LogP contribution is -1.87. The molecule has 0 unspecified atom stereocenters. The van der Waals surface area contributed by atoms with E-state index in [4.69, 9.17) is 5.73 Å². The first-order valence-electron chi connectivity index (χ1n) is 3.17. The van der Waals surface area contributed by atoms with Gasteiger partial charge in [-0.05, 0) is 24.6 Å². The molecule has 0 fully saturated rings. The Labute approximate surface area is 60.4 Å². The van der Waals surface area contributed by atoms with Gasteiger partial charge < -0.3 is 5.73 Å². The lowest BCUT2D eigenvalue weighted by atomic mass is 10.2. The van der Waals surface area contributed by atoms with Crippen molar-refractivity contribution in [3.63, 3.8) is 0 Å². The van der Waals surface area contributed by atoms with E-state index in [2.05, 4.69) is 4.98 Å². The highest BCUT2D eigenvalue weighted by Crippen LogP contribution is 2.02. The van der Waals surface area contributed by atoms with Crippen molar-refractivity contribution >= 4 is 11.9 Å². The van der Waals surface area contributed by atoms with Crippen LogP contribution in [0.1, 0.15) is 12.5 Å². The van der Waals surface area contributed by atoms with E-state index >= 15 is 0 Å². The van der Waals surface area contributed by atoms with E-state index in [1.54, 1.807) is 12.3 Å². The van der Waals surface area contributed by atoms with Gasteiger partial charge in [0.25, 0.3) is 0 Å². The zero-order chi connectivity index (χ0) is 7.40. The summed E-state index contributed by atoms with van der Waals surface area (Å²) in [5.41, 5.74) is 6.47. The Morgan fingerprint density at radius 3 is 2.80 bits per heavy atom. The molecule has 2 N–H and O–H groups in total. The van der Waals surface area contributed by atoms with Crippen molar-refractivity contribution in [1.29, 1.82) is 0 Å². The normalized spacial score (nSPS) is 10.5. The highest BCUT2D eigenvalue weighted by molar-refractivity contribution is 5.49. The molecule has 0 radical (unpaired) electrons. The van der Waals surface area contributed by atoms with Crippen molar-refractivity contribution in [2.24, 2.45) is 0 Å². The van der Waals surface area contributed by atoms with Gasteiger partial charge in [0.2, 0.25) is 0 Å². The number of pyridine rings is 1. The zero-order valence-corrected chi connectivity index (χ0v) is 5.91. The van der Waals surface area contributed by atoms with Crippen LogP contribution in [0.25, 0.3) is 6.08 Å². The number of nitrogen functional groups attached to an aromatic ring is 1. The van der Waals surface area contributed by atoms with Crippen molar-refractivity contribution in [3.05, 3.63) is 30.0 Å². The Balaban J connectivity index is 2.89. The van der Waals surface area contributed by atoms with Crippen LogP contribution < -0.4 is 5.73 Å². The van der Waals surface area contributed by atoms with E-state index in [-0.39, 0.29) is 0 Å². The largest absolute Gasteiger partial charge is 0.384 e. The van der Waals surface area contributed by atoms with E-state index in [0.29, 0.717) is 5.82 Å². The molecular formula is C8H10N2. The predicted molar refractivity (Wildman–Crippen MR) is 43.4 cm³/mol. The molecule has 1 aromatic heterocycles. The van der Waals surface area contributed by atoms with Crippen LogP contribution in [-0.2, 0) is 0 Å². The average molecular weight is 134 g/mol. The zero-order valence-electron chi connectivity index (χ0n) is 5.91. The Hall–Kier alpha value is -1.31. The van der Waals surface area contributed by atoms with E-state index in [1.165, 1.54) is 0 Å². The maximum absolute atomic E-state index is 5.39. The van der Waals surface area contributed by atoms with Crippen LogP contribution in [0.15, 0.2) is 24.4 Å². The second kappa shape index (κ2) is 3.01. The van der Waals surface area contributed by atoms with Gasteiger partial charge in [0.1, 0.15) is 5.82 Å². The monoisotopic (exact) mass is 134 g/mol. The van der Waals surface area contributed by atoms with Crippen molar-refractivity contribution in [2.45, 2.75) is 6.92 Å². The van der Waals surface area contributed by atoms with Crippen molar-refractivity contribution < 1.29 is 0 Å². The second-order valence-electron chi connectivity index (χ2n) is 2.02. The molecule has 52 valence electrons. The summed E-state index contributed by atoms with van der Waals surface area (Å²) < 4.78 is 0. The van der Waals surface area contributed by atoms with Crippen molar-refractivity contribution in [2.75, 3.05) is 5.73 Å². The lowest BCUT2D eigenvalue weighted by Gasteiger charge is -1.91. The molecule has 0 aromatic carbocycles. The smallest absolute Gasteiger partial charge is 0.123 e. The molecule has 2 nitrogen and oxygen atoms in total. The number of rotatable bonds is 1. The maximum Gasteiger partial charge on any atom is 0.123 e. The van der Waals surface area contributed by atoms with Crippen LogP contribution in [0, 0.1) is 0 Å². The van der Waals surface area contributed by atoms with E-state index in [1.807, 2.05) is 25.1 Å². The summed E-state index contributed by atoms with van der Waals surface area (Å²) in [6, 6.07) is 3.72. The molecule has 1 aromatic rings. The van der Waals surface area contributed by atoms with Gasteiger partial charge in [-0.2, -0.15) is 0 Å². The molecule has 0 aliphatic carbocycles. The molecule has 1 rings (SSSR count). The minimum absolute atomic E-state index is 0.563. The molecule has 1 heterocycles. The fourth-order valence-corrected chi connectivity index (χ4v) is 0.708. The lowest BCUT2D eigenvalue weighted by molar-refractivity contribution is 1.32. The molecule has 0 saturated heterocycles. The number of nitrogens with two attached hydrogens (primary N) is 1. The third-order valence-corrected chi connectivity index (χ3v) is 1.17. The SMILES string of the molecule is C/C=C/c1ccc(N)nc1. The summed E-state index contributed by atoms with van der Waals surface area (Å²) in [6.45, 7) is 1.97. The summed E-state index contributed by atoms with van der Waals surface area (Å²) >= 11 is 0. The van der Waals surface area contributed by atoms with E-state index in [0.717, 1.165) is 5.56 Å². The van der Waals surface area contributed by atoms with Gasteiger partial charge in [-0.1, -0.05) is 12.2 Å². The minimum atomic E-state index is 0.563. The van der Waals surface area contributed by atoms with Gasteiger partial charge in [0.05, 0.1) is 0 Å². The van der Waals surface area contributed by atoms with Crippen LogP contribution in [0.3, 0.4) is 0 Å². The first-order chi connectivity index (χ1) is 4.83. The highest BCUT2D eigenvalue weighted by atomic mass is 14.8. The maximum atomic E-state index is 5.39. The Morgan fingerprint density at radius 2 is 2.30 bits per heavy atom. The van der Waals surface area contributed by atoms with Gasteiger partial charge in [0.15, 0.2) is 0 Å². The molecule has 2 heteroatoms. The Kier molecular flexibility index (Phi) is 2.05. The number of nitrogens with zero attached hydrogens (tertiary/aromatic N) is 1. The summed E-state index contributed by atoms with van der Waals surface area (Å²) in [5, 5.41) is 0. The van der Waals surface area contributed by atoms with Crippen LogP contribution in [0.4, 0.5) is 5.82 Å². The third kappa shape index (κ3) is 1.58. The van der Waals surface area contributed by atoms with E-state index < -0.39 is 0 Å². The number of anilines is 1. The van der Waals surface area contributed by atoms with Crippen molar-refractivity contribution in [3.8, 4) is 0 Å².